The van der Waals surface area contributed by atoms with Crippen LogP contribution in [0, 0.1) is 0 Å². The standard InChI is InChI=1S/C16H28O5/c1-2-3-4-5-6-7-10-18-14-19-11-8-9-12-20-16(17)15-13-21-15/h5-6,15H,2-4,7-14H2,1H3/b6-5-. The van der Waals surface area contributed by atoms with Crippen LogP contribution >= 0.6 is 0 Å². The average molecular weight is 300 g/mol. The molecule has 1 aliphatic rings. The van der Waals surface area contributed by atoms with E-state index in [2.05, 4.69) is 19.1 Å². The van der Waals surface area contributed by atoms with Gasteiger partial charge in [-0.1, -0.05) is 31.9 Å². The van der Waals surface area contributed by atoms with Crippen LogP contribution < -0.4 is 0 Å². The Balaban J connectivity index is 1.70. The fraction of sp³-hybridized carbons (Fsp3) is 0.812. The van der Waals surface area contributed by atoms with E-state index in [9.17, 15) is 4.79 Å². The quantitative estimate of drug-likeness (QED) is 0.162. The zero-order valence-electron chi connectivity index (χ0n) is 13.1. The summed E-state index contributed by atoms with van der Waals surface area (Å²) in [6.45, 7) is 4.79. The van der Waals surface area contributed by atoms with Crippen molar-refractivity contribution in [1.82, 2.24) is 0 Å². The first-order valence-electron chi connectivity index (χ1n) is 7.93. The van der Waals surface area contributed by atoms with Crippen molar-refractivity contribution >= 4 is 5.97 Å². The number of carbonyl (C=O) groups excluding carboxylic acids is 1. The molecule has 0 amide bonds. The second kappa shape index (κ2) is 12.8. The normalized spacial score (nSPS) is 17.3. The number of esters is 1. The lowest BCUT2D eigenvalue weighted by Crippen LogP contribution is -2.12. The zero-order chi connectivity index (χ0) is 15.2. The largest absolute Gasteiger partial charge is 0.464 e. The molecule has 5 nitrogen and oxygen atoms in total. The lowest BCUT2D eigenvalue weighted by Gasteiger charge is -2.05. The molecule has 0 bridgehead atoms. The number of allylic oxidation sites excluding steroid dienone is 1. The van der Waals surface area contributed by atoms with Gasteiger partial charge in [0.1, 0.15) is 6.79 Å². The molecular weight excluding hydrogens is 272 g/mol. The Labute approximate surface area is 127 Å². The molecule has 1 atom stereocenters. The second-order valence-electron chi connectivity index (χ2n) is 5.03. The summed E-state index contributed by atoms with van der Waals surface area (Å²) in [6, 6.07) is 0. The molecule has 1 saturated heterocycles. The molecule has 1 heterocycles. The smallest absolute Gasteiger partial charge is 0.337 e. The summed E-state index contributed by atoms with van der Waals surface area (Å²) < 4.78 is 20.5. The lowest BCUT2D eigenvalue weighted by molar-refractivity contribution is -0.145. The van der Waals surface area contributed by atoms with Crippen molar-refractivity contribution in [3.8, 4) is 0 Å². The Morgan fingerprint density at radius 3 is 2.57 bits per heavy atom. The van der Waals surface area contributed by atoms with Gasteiger partial charge in [-0.05, 0) is 25.7 Å². The molecule has 0 radical (unpaired) electrons. The van der Waals surface area contributed by atoms with Crippen LogP contribution in [-0.4, -0.2) is 45.3 Å². The van der Waals surface area contributed by atoms with Crippen LogP contribution in [0.2, 0.25) is 0 Å². The molecule has 0 aromatic carbocycles. The topological polar surface area (TPSA) is 57.3 Å². The fourth-order valence-corrected chi connectivity index (χ4v) is 1.64. The van der Waals surface area contributed by atoms with Crippen LogP contribution in [0.4, 0.5) is 0 Å². The molecule has 0 N–H and O–H groups in total. The number of unbranched alkanes of at least 4 members (excludes halogenated alkanes) is 3. The highest BCUT2D eigenvalue weighted by molar-refractivity contribution is 5.76. The summed E-state index contributed by atoms with van der Waals surface area (Å²) in [5.74, 6) is -0.244. The van der Waals surface area contributed by atoms with Gasteiger partial charge in [-0.3, -0.25) is 0 Å². The zero-order valence-corrected chi connectivity index (χ0v) is 13.1. The molecule has 122 valence electrons. The van der Waals surface area contributed by atoms with Crippen LogP contribution in [0.15, 0.2) is 12.2 Å². The van der Waals surface area contributed by atoms with Crippen molar-refractivity contribution < 1.29 is 23.7 Å². The Bertz CT molecular complexity index is 286. The van der Waals surface area contributed by atoms with Gasteiger partial charge in [-0.2, -0.15) is 0 Å². The third-order valence-electron chi connectivity index (χ3n) is 3.01. The molecule has 0 aliphatic carbocycles. The third-order valence-corrected chi connectivity index (χ3v) is 3.01. The van der Waals surface area contributed by atoms with E-state index in [4.69, 9.17) is 18.9 Å². The summed E-state index contributed by atoms with van der Waals surface area (Å²) in [4.78, 5) is 11.1. The number of hydrogen-bond donors (Lipinski definition) is 0. The van der Waals surface area contributed by atoms with Crippen LogP contribution in [-0.2, 0) is 23.7 Å². The van der Waals surface area contributed by atoms with Gasteiger partial charge in [-0.25, -0.2) is 4.79 Å². The second-order valence-corrected chi connectivity index (χ2v) is 5.03. The van der Waals surface area contributed by atoms with Gasteiger partial charge < -0.3 is 18.9 Å². The Morgan fingerprint density at radius 1 is 1.10 bits per heavy atom. The Morgan fingerprint density at radius 2 is 1.81 bits per heavy atom. The van der Waals surface area contributed by atoms with Gasteiger partial charge >= 0.3 is 5.97 Å². The minimum Gasteiger partial charge on any atom is -0.464 e. The molecule has 0 aromatic heterocycles. The number of carbonyl (C=O) groups is 1. The van der Waals surface area contributed by atoms with E-state index in [1.54, 1.807) is 0 Å². The van der Waals surface area contributed by atoms with Crippen molar-refractivity contribution in [1.29, 1.82) is 0 Å². The monoisotopic (exact) mass is 300 g/mol. The summed E-state index contributed by atoms with van der Waals surface area (Å²) in [5.41, 5.74) is 0. The van der Waals surface area contributed by atoms with Gasteiger partial charge in [0.2, 0.25) is 0 Å². The van der Waals surface area contributed by atoms with Crippen LogP contribution in [0.1, 0.15) is 45.4 Å². The van der Waals surface area contributed by atoms with Gasteiger partial charge in [0.05, 0.1) is 19.8 Å². The molecule has 0 spiro atoms. The Hall–Kier alpha value is -0.910. The number of epoxide rings is 1. The van der Waals surface area contributed by atoms with Crippen molar-refractivity contribution in [3.05, 3.63) is 12.2 Å². The molecule has 0 aromatic rings. The van der Waals surface area contributed by atoms with Gasteiger partial charge in [-0.15, -0.1) is 0 Å². The van der Waals surface area contributed by atoms with E-state index in [0.717, 1.165) is 25.7 Å². The van der Waals surface area contributed by atoms with Crippen molar-refractivity contribution in [2.24, 2.45) is 0 Å². The minimum atomic E-state index is -0.300. The molecule has 21 heavy (non-hydrogen) atoms. The molecule has 1 unspecified atom stereocenters. The first kappa shape index (κ1) is 18.1. The highest BCUT2D eigenvalue weighted by Gasteiger charge is 2.32. The maximum Gasteiger partial charge on any atom is 0.337 e. The van der Waals surface area contributed by atoms with Crippen molar-refractivity contribution in [2.75, 3.05) is 33.2 Å². The predicted molar refractivity (Wildman–Crippen MR) is 80.0 cm³/mol. The highest BCUT2D eigenvalue weighted by Crippen LogP contribution is 2.10. The maximum absolute atomic E-state index is 11.1. The minimum absolute atomic E-state index is 0.244. The van der Waals surface area contributed by atoms with Gasteiger partial charge in [0.15, 0.2) is 6.10 Å². The Kier molecular flexibility index (Phi) is 11.1. The summed E-state index contributed by atoms with van der Waals surface area (Å²) in [5, 5.41) is 0. The SMILES string of the molecule is CCCC/C=C\CCOCOCCCCOC(=O)C1CO1. The van der Waals surface area contributed by atoms with E-state index >= 15 is 0 Å². The molecule has 1 aliphatic heterocycles. The number of hydrogen-bond acceptors (Lipinski definition) is 5. The first-order chi connectivity index (χ1) is 10.3. The summed E-state index contributed by atoms with van der Waals surface area (Å²) >= 11 is 0. The van der Waals surface area contributed by atoms with Crippen LogP contribution in [0.25, 0.3) is 0 Å². The van der Waals surface area contributed by atoms with Gasteiger partial charge in [0.25, 0.3) is 0 Å². The van der Waals surface area contributed by atoms with Crippen LogP contribution in [0.3, 0.4) is 0 Å². The van der Waals surface area contributed by atoms with Gasteiger partial charge in [0, 0.05) is 6.61 Å². The average Bonchev–Trinajstić information content (AvgIpc) is 3.32. The molecule has 1 rings (SSSR count). The van der Waals surface area contributed by atoms with Crippen LogP contribution in [0.5, 0.6) is 0 Å². The lowest BCUT2D eigenvalue weighted by atomic mass is 10.2. The van der Waals surface area contributed by atoms with E-state index < -0.39 is 0 Å². The summed E-state index contributed by atoms with van der Waals surface area (Å²) in [6.07, 6.45) is 10.3. The highest BCUT2D eigenvalue weighted by atomic mass is 16.7. The molecule has 1 fully saturated rings. The fourth-order valence-electron chi connectivity index (χ4n) is 1.64. The van der Waals surface area contributed by atoms with E-state index in [1.807, 2.05) is 0 Å². The van der Waals surface area contributed by atoms with E-state index in [0.29, 0.717) is 33.2 Å². The predicted octanol–water partition coefficient (Wildman–Crippen LogP) is 2.84. The van der Waals surface area contributed by atoms with E-state index in [1.165, 1.54) is 12.8 Å². The molecule has 0 saturated carbocycles. The van der Waals surface area contributed by atoms with E-state index in [-0.39, 0.29) is 12.1 Å². The maximum atomic E-state index is 11.1. The number of rotatable bonds is 14. The van der Waals surface area contributed by atoms with Crippen molar-refractivity contribution in [2.45, 2.75) is 51.6 Å². The molecule has 5 heteroatoms. The third kappa shape index (κ3) is 11.4. The van der Waals surface area contributed by atoms with Crippen molar-refractivity contribution in [3.63, 3.8) is 0 Å². The number of ether oxygens (including phenoxy) is 4. The summed E-state index contributed by atoms with van der Waals surface area (Å²) in [7, 11) is 0. The first-order valence-corrected chi connectivity index (χ1v) is 7.93. The molecular formula is C16H28O5.